The molecule has 0 aromatic rings. The summed E-state index contributed by atoms with van der Waals surface area (Å²) in [5, 5.41) is 17.8. The molecule has 88 valence electrons. The number of nitrogens with zero attached hydrogens (tertiary/aromatic N) is 2. The Bertz CT molecular complexity index is 324. The first-order valence-electron chi connectivity index (χ1n) is 5.34. The summed E-state index contributed by atoms with van der Waals surface area (Å²) in [4.78, 5) is 14.5. The van der Waals surface area contributed by atoms with Gasteiger partial charge in [0.25, 0.3) is 0 Å². The van der Waals surface area contributed by atoms with E-state index in [1.165, 1.54) is 0 Å². The van der Waals surface area contributed by atoms with E-state index in [1.54, 1.807) is 13.8 Å². The number of ketones is 1. The first-order chi connectivity index (χ1) is 7.46. The van der Waals surface area contributed by atoms with Crippen LogP contribution in [-0.4, -0.2) is 10.9 Å². The molecule has 0 saturated heterocycles. The van der Waals surface area contributed by atoms with Crippen molar-refractivity contribution in [1.29, 1.82) is 5.39 Å². The molecule has 4 nitrogen and oxygen atoms in total. The minimum Gasteiger partial charge on any atom is -0.505 e. The highest BCUT2D eigenvalue weighted by Gasteiger charge is 2.33. The zero-order valence-electron chi connectivity index (χ0n) is 9.94. The van der Waals surface area contributed by atoms with Crippen molar-refractivity contribution in [1.82, 2.24) is 0 Å². The molecule has 0 fully saturated rings. The highest BCUT2D eigenvalue weighted by Crippen LogP contribution is 2.27. The SMILES string of the molecule is C=CCCCCC(=O)C(C)(C)/C(O)=C/[N+]#N. The molecule has 0 aromatic heterocycles. The molecule has 0 aliphatic heterocycles. The second kappa shape index (κ2) is 6.78. The Kier molecular flexibility index (Phi) is 6.09. The lowest BCUT2D eigenvalue weighted by Crippen LogP contribution is -2.26. The van der Waals surface area contributed by atoms with Gasteiger partial charge in [-0.05, 0) is 33.1 Å². The Morgan fingerprint density at radius 2 is 2.12 bits per heavy atom. The summed E-state index contributed by atoms with van der Waals surface area (Å²) in [5.74, 6) is -0.280. The molecule has 0 rings (SSSR count). The molecule has 1 N–H and O–H groups in total. The van der Waals surface area contributed by atoms with Crippen LogP contribution in [0.3, 0.4) is 0 Å². The van der Waals surface area contributed by atoms with Crippen LogP contribution in [0, 0.1) is 10.8 Å². The Morgan fingerprint density at radius 1 is 1.50 bits per heavy atom. The van der Waals surface area contributed by atoms with Crippen LogP contribution in [0.4, 0.5) is 0 Å². The van der Waals surface area contributed by atoms with Crippen LogP contribution in [0.15, 0.2) is 24.6 Å². The molecule has 16 heavy (non-hydrogen) atoms. The summed E-state index contributed by atoms with van der Waals surface area (Å²) < 4.78 is 0. The second-order valence-corrected chi connectivity index (χ2v) is 4.21. The molecule has 0 saturated carbocycles. The van der Waals surface area contributed by atoms with Gasteiger partial charge in [0, 0.05) is 6.42 Å². The van der Waals surface area contributed by atoms with Crippen molar-refractivity contribution in [3.05, 3.63) is 29.6 Å². The first kappa shape index (κ1) is 14.4. The van der Waals surface area contributed by atoms with Crippen molar-refractivity contribution in [3.8, 4) is 0 Å². The summed E-state index contributed by atoms with van der Waals surface area (Å²) in [6.07, 6.45) is 5.70. The van der Waals surface area contributed by atoms with Gasteiger partial charge >= 0.3 is 6.20 Å². The second-order valence-electron chi connectivity index (χ2n) is 4.21. The highest BCUT2D eigenvalue weighted by atomic mass is 16.3. The smallest absolute Gasteiger partial charge is 0.388 e. The van der Waals surface area contributed by atoms with E-state index >= 15 is 0 Å². The highest BCUT2D eigenvalue weighted by molar-refractivity contribution is 5.86. The minimum atomic E-state index is -0.986. The van der Waals surface area contributed by atoms with Crippen molar-refractivity contribution in [3.63, 3.8) is 0 Å². The number of hydrogen-bond donors (Lipinski definition) is 1. The van der Waals surface area contributed by atoms with Crippen LogP contribution in [-0.2, 0) is 4.79 Å². The predicted octanol–water partition coefficient (Wildman–Crippen LogP) is 3.58. The van der Waals surface area contributed by atoms with E-state index in [4.69, 9.17) is 5.39 Å². The van der Waals surface area contributed by atoms with E-state index < -0.39 is 5.41 Å². The van der Waals surface area contributed by atoms with Crippen molar-refractivity contribution >= 4 is 5.78 Å². The van der Waals surface area contributed by atoms with Gasteiger partial charge in [-0.15, -0.1) is 6.58 Å². The largest absolute Gasteiger partial charge is 0.505 e. The van der Waals surface area contributed by atoms with E-state index in [1.807, 2.05) is 6.08 Å². The lowest BCUT2D eigenvalue weighted by atomic mass is 9.83. The molecular weight excluding hydrogens is 204 g/mol. The number of Topliss-reactive ketones (excluding diaryl/α,β-unsaturated/α-hetero) is 1. The van der Waals surface area contributed by atoms with Gasteiger partial charge in [-0.3, -0.25) is 4.79 Å². The lowest BCUT2D eigenvalue weighted by Gasteiger charge is -2.19. The van der Waals surface area contributed by atoms with Gasteiger partial charge in [0.1, 0.15) is 5.78 Å². The average molecular weight is 223 g/mol. The molecule has 0 spiro atoms. The summed E-state index contributed by atoms with van der Waals surface area (Å²) in [5.41, 5.74) is -0.986. The number of aliphatic hydroxyl groups excluding tert-OH is 1. The fourth-order valence-corrected chi connectivity index (χ4v) is 1.25. The van der Waals surface area contributed by atoms with Crippen molar-refractivity contribution < 1.29 is 9.90 Å². The van der Waals surface area contributed by atoms with Gasteiger partial charge in [-0.1, -0.05) is 6.08 Å². The Morgan fingerprint density at radius 3 is 2.62 bits per heavy atom. The van der Waals surface area contributed by atoms with Crippen molar-refractivity contribution in [2.75, 3.05) is 0 Å². The molecule has 0 aliphatic carbocycles. The number of unbranched alkanes of at least 4 members (excludes halogenated alkanes) is 2. The standard InChI is InChI=1S/C12H18N2O2/c1-4-5-6-7-8-10(15)12(2,3)11(16)9-14-13/h4,9H,1,5-8H2,2-3H3/p+1/b11-9-. The topological polar surface area (TPSA) is 65.4 Å². The number of allylic oxidation sites excluding steroid dienone is 2. The molecule has 0 atom stereocenters. The summed E-state index contributed by atoms with van der Waals surface area (Å²) in [7, 11) is 0. The van der Waals surface area contributed by atoms with Gasteiger partial charge in [0.2, 0.25) is 5.39 Å². The first-order valence-corrected chi connectivity index (χ1v) is 5.34. The maximum Gasteiger partial charge on any atom is 0.388 e. The molecule has 4 heteroatoms. The maximum absolute atomic E-state index is 11.8. The van der Waals surface area contributed by atoms with E-state index in [9.17, 15) is 9.90 Å². The number of diazo groups is 1. The summed E-state index contributed by atoms with van der Waals surface area (Å²) in [6.45, 7) is 6.83. The number of rotatable bonds is 7. The lowest BCUT2D eigenvalue weighted by molar-refractivity contribution is -0.126. The van der Waals surface area contributed by atoms with E-state index in [-0.39, 0.29) is 11.5 Å². The van der Waals surface area contributed by atoms with Crippen molar-refractivity contribution in [2.45, 2.75) is 39.5 Å². The summed E-state index contributed by atoms with van der Waals surface area (Å²) >= 11 is 0. The molecule has 0 heterocycles. The third-order valence-corrected chi connectivity index (χ3v) is 2.58. The van der Waals surface area contributed by atoms with E-state index in [0.717, 1.165) is 25.5 Å². The minimum absolute atomic E-state index is 0.0611. The third-order valence-electron chi connectivity index (χ3n) is 2.58. The molecule has 0 unspecified atom stereocenters. The molecule has 0 radical (unpaired) electrons. The molecule has 0 amide bonds. The average Bonchev–Trinajstić information content (AvgIpc) is 2.24. The van der Waals surface area contributed by atoms with Gasteiger partial charge < -0.3 is 5.11 Å². The Hall–Kier alpha value is -1.63. The Balaban J connectivity index is 4.31. The van der Waals surface area contributed by atoms with Crippen LogP contribution in [0.1, 0.15) is 39.5 Å². The normalized spacial score (nSPS) is 11.9. The number of hydrogen-bond acceptors (Lipinski definition) is 3. The van der Waals surface area contributed by atoms with Crippen LogP contribution in [0.2, 0.25) is 0 Å². The third kappa shape index (κ3) is 4.26. The van der Waals surface area contributed by atoms with Gasteiger partial charge in [0.05, 0.1) is 5.41 Å². The van der Waals surface area contributed by atoms with Crippen LogP contribution in [0.25, 0.3) is 4.98 Å². The van der Waals surface area contributed by atoms with E-state index in [0.29, 0.717) is 6.42 Å². The van der Waals surface area contributed by atoms with Crippen LogP contribution < -0.4 is 0 Å². The Labute approximate surface area is 96.3 Å². The zero-order valence-corrected chi connectivity index (χ0v) is 9.94. The number of aliphatic hydroxyl groups is 1. The van der Waals surface area contributed by atoms with Crippen LogP contribution >= 0.6 is 0 Å². The molecular formula is C12H19N2O2+. The fourth-order valence-electron chi connectivity index (χ4n) is 1.25. The molecule has 0 bridgehead atoms. The molecule has 0 aromatic carbocycles. The van der Waals surface area contributed by atoms with Gasteiger partial charge in [0.15, 0.2) is 10.7 Å². The number of carbonyl (C=O) groups is 1. The zero-order chi connectivity index (χ0) is 12.6. The quantitative estimate of drug-likeness (QED) is 0.310. The fraction of sp³-hybridized carbons (Fsp3) is 0.583. The van der Waals surface area contributed by atoms with Crippen LogP contribution in [0.5, 0.6) is 0 Å². The molecule has 0 aliphatic rings. The van der Waals surface area contributed by atoms with E-state index in [2.05, 4.69) is 11.6 Å². The van der Waals surface area contributed by atoms with Crippen molar-refractivity contribution in [2.24, 2.45) is 5.41 Å². The summed E-state index contributed by atoms with van der Waals surface area (Å²) in [6, 6.07) is 0. The van der Waals surface area contributed by atoms with Gasteiger partial charge in [-0.25, -0.2) is 0 Å². The predicted molar refractivity (Wildman–Crippen MR) is 63.2 cm³/mol. The van der Waals surface area contributed by atoms with Gasteiger partial charge in [-0.2, -0.15) is 0 Å². The number of carbonyl (C=O) groups excluding carboxylic acids is 1. The maximum atomic E-state index is 11.8. The monoisotopic (exact) mass is 223 g/mol.